The van der Waals surface area contributed by atoms with Crippen LogP contribution in [0.4, 0.5) is 4.79 Å². The molecule has 9 heteroatoms. The van der Waals surface area contributed by atoms with E-state index >= 15 is 0 Å². The van der Waals surface area contributed by atoms with Gasteiger partial charge in [0.25, 0.3) is 0 Å². The Morgan fingerprint density at radius 2 is 1.68 bits per heavy atom. The molecular formula is C16H32IN5O3. The van der Waals surface area contributed by atoms with Gasteiger partial charge in [-0.25, -0.2) is 9.79 Å². The average molecular weight is 469 g/mol. The number of nitrogens with zero attached hydrogens (tertiary/aromatic N) is 2. The van der Waals surface area contributed by atoms with Crippen molar-refractivity contribution >= 4 is 41.9 Å². The topological polar surface area (TPSA) is 95.1 Å². The first-order chi connectivity index (χ1) is 11.3. The van der Waals surface area contributed by atoms with Crippen LogP contribution in [-0.2, 0) is 9.53 Å². The van der Waals surface area contributed by atoms with Gasteiger partial charge in [-0.2, -0.15) is 0 Å². The number of halogens is 1. The van der Waals surface area contributed by atoms with E-state index in [1.54, 1.807) is 0 Å². The number of aliphatic imine (C=N–C) groups is 1. The highest BCUT2D eigenvalue weighted by molar-refractivity contribution is 14.0. The molecule has 0 atom stereocenters. The smallest absolute Gasteiger partial charge is 0.407 e. The van der Waals surface area contributed by atoms with Crippen molar-refractivity contribution in [1.82, 2.24) is 20.9 Å². The lowest BCUT2D eigenvalue weighted by molar-refractivity contribution is -0.128. The van der Waals surface area contributed by atoms with E-state index in [9.17, 15) is 9.59 Å². The molecule has 1 heterocycles. The minimum Gasteiger partial charge on any atom is -0.444 e. The molecule has 8 nitrogen and oxygen atoms in total. The molecule has 0 unspecified atom stereocenters. The van der Waals surface area contributed by atoms with E-state index in [1.807, 2.05) is 32.6 Å². The van der Waals surface area contributed by atoms with Gasteiger partial charge in [-0.1, -0.05) is 0 Å². The van der Waals surface area contributed by atoms with Crippen LogP contribution in [0.5, 0.6) is 0 Å². The summed E-state index contributed by atoms with van der Waals surface area (Å²) in [5.74, 6) is 0.618. The number of rotatable bonds is 6. The molecule has 1 fully saturated rings. The van der Waals surface area contributed by atoms with Gasteiger partial charge in [0, 0.05) is 32.7 Å². The number of carbonyl (C=O) groups excluding carboxylic acids is 2. The fourth-order valence-corrected chi connectivity index (χ4v) is 2.21. The monoisotopic (exact) mass is 469 g/mol. The van der Waals surface area contributed by atoms with Crippen molar-refractivity contribution < 1.29 is 14.3 Å². The lowest BCUT2D eigenvalue weighted by Gasteiger charge is -2.20. The zero-order valence-corrected chi connectivity index (χ0v) is 18.0. The molecule has 0 spiro atoms. The normalized spacial score (nSPS) is 14.6. The van der Waals surface area contributed by atoms with Gasteiger partial charge >= 0.3 is 6.09 Å². The summed E-state index contributed by atoms with van der Waals surface area (Å²) >= 11 is 0. The number of carbonyl (C=O) groups is 2. The van der Waals surface area contributed by atoms with E-state index in [0.717, 1.165) is 25.9 Å². The fourth-order valence-electron chi connectivity index (χ4n) is 2.21. The molecule has 146 valence electrons. The van der Waals surface area contributed by atoms with Crippen molar-refractivity contribution in [3.05, 3.63) is 0 Å². The molecule has 0 saturated carbocycles. The highest BCUT2D eigenvalue weighted by Crippen LogP contribution is 2.07. The van der Waals surface area contributed by atoms with Crippen LogP contribution in [0.25, 0.3) is 0 Å². The Balaban J connectivity index is 0.00000576. The van der Waals surface area contributed by atoms with Crippen molar-refractivity contribution in [2.24, 2.45) is 4.99 Å². The molecule has 0 aromatic rings. The van der Waals surface area contributed by atoms with Crippen LogP contribution in [0.15, 0.2) is 4.99 Å². The van der Waals surface area contributed by atoms with E-state index in [4.69, 9.17) is 4.74 Å². The van der Waals surface area contributed by atoms with E-state index < -0.39 is 11.7 Å². The SMILES string of the molecule is CCNC(=NCC(=O)N1CCCC1)NCCNC(=O)OC(C)(C)C.I. The van der Waals surface area contributed by atoms with Gasteiger partial charge in [0.1, 0.15) is 12.1 Å². The molecule has 1 rings (SSSR count). The predicted molar refractivity (Wildman–Crippen MR) is 109 cm³/mol. The molecule has 25 heavy (non-hydrogen) atoms. The van der Waals surface area contributed by atoms with E-state index in [0.29, 0.717) is 25.6 Å². The first kappa shape index (κ1) is 23.7. The number of nitrogens with one attached hydrogen (secondary N) is 3. The van der Waals surface area contributed by atoms with Crippen molar-refractivity contribution in [3.8, 4) is 0 Å². The molecule has 1 aliphatic rings. The van der Waals surface area contributed by atoms with E-state index in [1.165, 1.54) is 0 Å². The highest BCUT2D eigenvalue weighted by atomic mass is 127. The van der Waals surface area contributed by atoms with Crippen LogP contribution in [0.2, 0.25) is 0 Å². The molecule has 0 aromatic carbocycles. The van der Waals surface area contributed by atoms with Gasteiger partial charge < -0.3 is 25.6 Å². The molecule has 2 amide bonds. The summed E-state index contributed by atoms with van der Waals surface area (Å²) in [5.41, 5.74) is -0.510. The van der Waals surface area contributed by atoms with Crippen molar-refractivity contribution in [2.75, 3.05) is 39.3 Å². The van der Waals surface area contributed by atoms with Gasteiger partial charge in [0.2, 0.25) is 5.91 Å². The molecule has 1 saturated heterocycles. The maximum Gasteiger partial charge on any atom is 0.407 e. The average Bonchev–Trinajstić information content (AvgIpc) is 3.01. The first-order valence-electron chi connectivity index (χ1n) is 8.58. The summed E-state index contributed by atoms with van der Waals surface area (Å²) in [6.07, 6.45) is 1.70. The maximum atomic E-state index is 12.0. The predicted octanol–water partition coefficient (Wildman–Crippen LogP) is 1.31. The van der Waals surface area contributed by atoms with Crippen LogP contribution in [-0.4, -0.2) is 67.7 Å². The maximum absolute atomic E-state index is 12.0. The molecule has 3 N–H and O–H groups in total. The Kier molecular flexibility index (Phi) is 11.5. The number of likely N-dealkylation sites (tertiary alicyclic amines) is 1. The molecule has 0 aliphatic carbocycles. The summed E-state index contributed by atoms with van der Waals surface area (Å²) in [6.45, 7) is 10.8. The second kappa shape index (κ2) is 12.2. The fraction of sp³-hybridized carbons (Fsp3) is 0.812. The van der Waals surface area contributed by atoms with Gasteiger partial charge in [-0.15, -0.1) is 24.0 Å². The van der Waals surface area contributed by atoms with Crippen molar-refractivity contribution in [3.63, 3.8) is 0 Å². The zero-order chi connectivity index (χ0) is 18.0. The van der Waals surface area contributed by atoms with E-state index in [-0.39, 0.29) is 36.4 Å². The second-order valence-corrected chi connectivity index (χ2v) is 6.64. The van der Waals surface area contributed by atoms with Crippen molar-refractivity contribution in [1.29, 1.82) is 0 Å². The van der Waals surface area contributed by atoms with Crippen LogP contribution in [0.1, 0.15) is 40.5 Å². The summed E-state index contributed by atoms with van der Waals surface area (Å²) in [5, 5.41) is 8.83. The number of ether oxygens (including phenoxy) is 1. The summed E-state index contributed by atoms with van der Waals surface area (Å²) in [4.78, 5) is 29.7. The van der Waals surface area contributed by atoms with Gasteiger partial charge in [-0.05, 0) is 40.5 Å². The Bertz CT molecular complexity index is 446. The number of guanidine groups is 1. The molecule has 0 aromatic heterocycles. The number of hydrogen-bond donors (Lipinski definition) is 3. The Morgan fingerprint density at radius 1 is 1.08 bits per heavy atom. The Hall–Kier alpha value is -1.26. The Morgan fingerprint density at radius 3 is 2.24 bits per heavy atom. The van der Waals surface area contributed by atoms with Crippen LogP contribution in [0.3, 0.4) is 0 Å². The van der Waals surface area contributed by atoms with Crippen LogP contribution in [0, 0.1) is 0 Å². The molecule has 1 aliphatic heterocycles. The largest absolute Gasteiger partial charge is 0.444 e. The molecular weight excluding hydrogens is 437 g/mol. The highest BCUT2D eigenvalue weighted by Gasteiger charge is 2.17. The molecule has 0 radical (unpaired) electrons. The Labute approximate surface area is 167 Å². The second-order valence-electron chi connectivity index (χ2n) is 6.64. The van der Waals surface area contributed by atoms with Crippen LogP contribution < -0.4 is 16.0 Å². The minimum absolute atomic E-state index is 0. The van der Waals surface area contributed by atoms with Crippen molar-refractivity contribution in [2.45, 2.75) is 46.1 Å². The first-order valence-corrected chi connectivity index (χ1v) is 8.58. The third kappa shape index (κ3) is 11.1. The minimum atomic E-state index is -0.510. The van der Waals surface area contributed by atoms with Gasteiger partial charge in [-0.3, -0.25) is 4.79 Å². The quantitative estimate of drug-likeness (QED) is 0.236. The third-order valence-electron chi connectivity index (χ3n) is 3.26. The van der Waals surface area contributed by atoms with Crippen LogP contribution >= 0.6 is 24.0 Å². The van der Waals surface area contributed by atoms with E-state index in [2.05, 4.69) is 20.9 Å². The number of alkyl carbamates (subject to hydrolysis) is 1. The number of hydrogen-bond acceptors (Lipinski definition) is 4. The zero-order valence-electron chi connectivity index (χ0n) is 15.7. The standard InChI is InChI=1S/C16H31N5O3.HI/c1-5-17-14(20-12-13(22)21-10-6-7-11-21)18-8-9-19-15(23)24-16(2,3)4;/h5-12H2,1-4H3,(H,19,23)(H2,17,18,20);1H. The summed E-state index contributed by atoms with van der Waals surface area (Å²) in [7, 11) is 0. The molecule has 0 bridgehead atoms. The lowest BCUT2D eigenvalue weighted by Crippen LogP contribution is -2.43. The number of amides is 2. The third-order valence-corrected chi connectivity index (χ3v) is 3.26. The summed E-state index contributed by atoms with van der Waals surface area (Å²) < 4.78 is 5.15. The lowest BCUT2D eigenvalue weighted by atomic mass is 10.2. The summed E-state index contributed by atoms with van der Waals surface area (Å²) in [6, 6.07) is 0. The van der Waals surface area contributed by atoms with Gasteiger partial charge in [0.05, 0.1) is 0 Å². The van der Waals surface area contributed by atoms with Gasteiger partial charge in [0.15, 0.2) is 5.96 Å².